The third kappa shape index (κ3) is 34.1. The molecule has 0 aliphatic rings. The SMILES string of the molecule is CC(C)P(C(C)C)C(C)C.S=C=S.[C-]#[O+].[C-]#[O+].[C-]#[O+].[C-]#[O+].[C-]#[O+].[C-]#[O+].[Mn].[Mo].c1cc[c]([Sn]([c]2ccccc2)[c]2ccccc2)cc1. The molecule has 0 aromatic heterocycles. The zero-order valence-corrected chi connectivity index (χ0v) is 35.0. The number of hydrogen-bond donors (Lipinski definition) is 0. The fourth-order valence-electron chi connectivity index (χ4n) is 4.10. The maximum absolute atomic E-state index is 7.50. The van der Waals surface area contributed by atoms with Gasteiger partial charge >= 0.3 is 189 Å². The van der Waals surface area contributed by atoms with E-state index >= 15 is 0 Å². The first-order valence-electron chi connectivity index (χ1n) is 12.4. The minimum absolute atomic E-state index is 0. The van der Waals surface area contributed by atoms with Crippen LogP contribution in [0.15, 0.2) is 91.0 Å². The molecule has 0 saturated heterocycles. The van der Waals surface area contributed by atoms with Crippen molar-refractivity contribution in [2.24, 2.45) is 0 Å². The van der Waals surface area contributed by atoms with Crippen LogP contribution in [0.25, 0.3) is 0 Å². The summed E-state index contributed by atoms with van der Waals surface area (Å²) in [4.78, 5) is 0. The van der Waals surface area contributed by atoms with Crippen LogP contribution >= 0.6 is 32.4 Å². The molecule has 0 atom stereocenters. The average molecular weight is 905 g/mol. The molecule has 0 aliphatic carbocycles. The van der Waals surface area contributed by atoms with Crippen LogP contribution in [0.3, 0.4) is 0 Å². The predicted molar refractivity (Wildman–Crippen MR) is 180 cm³/mol. The quantitative estimate of drug-likeness (QED) is 0.0902. The Bertz CT molecular complexity index is 1030. The molecule has 242 valence electrons. The second kappa shape index (κ2) is 53.3. The predicted octanol–water partition coefficient (Wildman–Crippen LogP) is 6.68. The third-order valence-electron chi connectivity index (χ3n) is 4.98. The van der Waals surface area contributed by atoms with Crippen molar-refractivity contribution >= 4 is 67.2 Å². The summed E-state index contributed by atoms with van der Waals surface area (Å²) in [5.74, 6) is 0. The molecule has 2 radical (unpaired) electrons. The topological polar surface area (TPSA) is 119 Å². The standard InChI is InChI=1S/C9H21P.3C6H5.6CO.CS2.Mn.Mo.Sn/c1-7(2)10(8(3)4)9(5)6;3*1-2-4-6-5-3-1;6*1-2;2-1-3;;;/h7-9H,1-6H3;3*1-5H;;;;;;;;;;. The van der Waals surface area contributed by atoms with Gasteiger partial charge in [0.15, 0.2) is 0 Å². The van der Waals surface area contributed by atoms with E-state index in [0.717, 1.165) is 17.0 Å². The van der Waals surface area contributed by atoms with Gasteiger partial charge in [0.25, 0.3) is 0 Å². The van der Waals surface area contributed by atoms with Crippen molar-refractivity contribution in [1.29, 1.82) is 0 Å². The first-order chi connectivity index (χ1) is 21.3. The molecular formula is C34H36MnMoO6PS2Sn. The molecule has 3 aromatic rings. The molecule has 3 rings (SSSR count). The molecule has 0 bridgehead atoms. The van der Waals surface area contributed by atoms with Gasteiger partial charge in [0, 0.05) is 42.4 Å². The van der Waals surface area contributed by atoms with E-state index in [0.29, 0.717) is 0 Å². The normalized spacial score (nSPS) is 7.54. The molecule has 3 aromatic carbocycles. The first kappa shape index (κ1) is 63.4. The molecule has 0 fully saturated rings. The summed E-state index contributed by atoms with van der Waals surface area (Å²) in [5.41, 5.74) is 2.69. The summed E-state index contributed by atoms with van der Waals surface area (Å²) in [5, 5.41) is 0. The van der Waals surface area contributed by atoms with Crippen LogP contribution in [0.1, 0.15) is 41.5 Å². The van der Waals surface area contributed by atoms with Gasteiger partial charge in [-0.25, -0.2) is 0 Å². The van der Waals surface area contributed by atoms with Crippen molar-refractivity contribution in [3.8, 4) is 0 Å². The Morgan fingerprint density at radius 2 is 0.630 bits per heavy atom. The van der Waals surface area contributed by atoms with Gasteiger partial charge < -0.3 is 0 Å². The van der Waals surface area contributed by atoms with Gasteiger partial charge in [-0.3, -0.25) is 0 Å². The summed E-state index contributed by atoms with van der Waals surface area (Å²) < 4.78 is 51.5. The third-order valence-corrected chi connectivity index (χ3v) is 16.4. The Kier molecular flexibility index (Phi) is 73.4. The van der Waals surface area contributed by atoms with Crippen LogP contribution in [0.5, 0.6) is 0 Å². The Hall–Kier alpha value is -1.24. The molecule has 12 heteroatoms. The molecule has 0 amide bonds. The molecule has 0 spiro atoms. The molecule has 0 saturated carbocycles. The van der Waals surface area contributed by atoms with E-state index in [1.807, 2.05) is 4.31 Å². The van der Waals surface area contributed by atoms with E-state index in [1.165, 1.54) is 10.7 Å². The molecule has 0 heterocycles. The monoisotopic (exact) mass is 908 g/mol. The van der Waals surface area contributed by atoms with Gasteiger partial charge in [0.2, 0.25) is 0 Å². The van der Waals surface area contributed by atoms with Gasteiger partial charge in [-0.15, -0.1) is 0 Å². The van der Waals surface area contributed by atoms with Crippen LogP contribution in [-0.4, -0.2) is 41.1 Å². The van der Waals surface area contributed by atoms with Crippen molar-refractivity contribution in [3.05, 3.63) is 131 Å². The van der Waals surface area contributed by atoms with Gasteiger partial charge in [0.05, 0.1) is 0 Å². The van der Waals surface area contributed by atoms with E-state index in [-0.39, 0.29) is 46.1 Å². The van der Waals surface area contributed by atoms with Crippen LogP contribution in [-0.2, 0) is 66.0 Å². The zero-order valence-electron chi connectivity index (χ0n) is 26.4. The van der Waals surface area contributed by atoms with E-state index in [9.17, 15) is 0 Å². The first-order valence-corrected chi connectivity index (χ1v) is 19.0. The number of benzene rings is 3. The summed E-state index contributed by atoms with van der Waals surface area (Å²) in [6.45, 7) is 41.1. The fraction of sp³-hybridized carbons (Fsp3) is 0.265. The molecule has 0 N–H and O–H groups in total. The molecule has 0 unspecified atom stereocenters. The minimum atomic E-state index is -1.98. The summed E-state index contributed by atoms with van der Waals surface area (Å²) in [7, 11) is 0.262. The second-order valence-corrected chi connectivity index (χ2v) is 20.0. The number of rotatable bonds is 6. The Labute approximate surface area is 319 Å². The van der Waals surface area contributed by atoms with Crippen molar-refractivity contribution in [2.75, 3.05) is 0 Å². The maximum atomic E-state index is 7.50. The van der Waals surface area contributed by atoms with Gasteiger partial charge in [-0.05, 0) is 41.4 Å². The molecule has 0 aliphatic heterocycles. The summed E-state index contributed by atoms with van der Waals surface area (Å²) in [6, 6.07) is 32.9. The van der Waals surface area contributed by atoms with E-state index in [4.69, 9.17) is 27.9 Å². The Balaban J connectivity index is -0.0000000767. The summed E-state index contributed by atoms with van der Waals surface area (Å²) >= 11 is 5.94. The van der Waals surface area contributed by atoms with E-state index in [2.05, 4.69) is 197 Å². The fourth-order valence-corrected chi connectivity index (χ4v) is 15.0. The van der Waals surface area contributed by atoms with Crippen LogP contribution in [0, 0.1) is 39.9 Å². The molecule has 6 nitrogen and oxygen atoms in total. The Morgan fingerprint density at radius 3 is 0.739 bits per heavy atom. The Morgan fingerprint density at radius 1 is 0.478 bits per heavy atom. The van der Waals surface area contributed by atoms with E-state index in [1.54, 1.807) is 0 Å². The van der Waals surface area contributed by atoms with Crippen LogP contribution in [0.2, 0.25) is 0 Å². The van der Waals surface area contributed by atoms with Gasteiger partial charge in [-0.2, -0.15) is 0 Å². The zero-order chi connectivity index (χ0) is 35.9. The number of thiocarbonyl (C=S) groups is 2. The van der Waals surface area contributed by atoms with Crippen LogP contribution in [0.4, 0.5) is 0 Å². The van der Waals surface area contributed by atoms with E-state index < -0.39 is 19.8 Å². The summed E-state index contributed by atoms with van der Waals surface area (Å²) in [6.07, 6.45) is 0. The van der Waals surface area contributed by atoms with Crippen LogP contribution < -0.4 is 10.7 Å². The molecule has 46 heavy (non-hydrogen) atoms. The van der Waals surface area contributed by atoms with Gasteiger partial charge in [-0.1, -0.05) is 49.5 Å². The number of hydrogen-bond acceptors (Lipinski definition) is 2. The van der Waals surface area contributed by atoms with Gasteiger partial charge in [0.1, 0.15) is 0 Å². The van der Waals surface area contributed by atoms with Crippen molar-refractivity contribution < 1.29 is 66.0 Å². The second-order valence-electron chi connectivity index (χ2n) is 8.28. The van der Waals surface area contributed by atoms with Crippen molar-refractivity contribution in [2.45, 2.75) is 58.5 Å². The molecular weight excluding hydrogens is 869 g/mol. The van der Waals surface area contributed by atoms with Crippen molar-refractivity contribution in [1.82, 2.24) is 0 Å². The average Bonchev–Trinajstić information content (AvgIpc) is 3.08. The van der Waals surface area contributed by atoms with Crippen molar-refractivity contribution in [3.63, 3.8) is 0 Å².